The quantitative estimate of drug-likeness (QED) is 0.786. The SMILES string of the molecule is CN(Cc1ccc(Br)s1)C(=O)C1(c2ccc(F)cc2)CC1. The summed E-state index contributed by atoms with van der Waals surface area (Å²) in [7, 11) is 1.83. The lowest BCUT2D eigenvalue weighted by Crippen LogP contribution is -2.35. The third kappa shape index (κ3) is 2.90. The minimum atomic E-state index is -0.434. The summed E-state index contributed by atoms with van der Waals surface area (Å²) in [6.07, 6.45) is 1.69. The third-order valence-electron chi connectivity index (χ3n) is 3.92. The fourth-order valence-electron chi connectivity index (χ4n) is 2.63. The van der Waals surface area contributed by atoms with Crippen molar-refractivity contribution in [3.8, 4) is 0 Å². The van der Waals surface area contributed by atoms with Crippen molar-refractivity contribution in [2.24, 2.45) is 0 Å². The molecule has 5 heteroatoms. The van der Waals surface area contributed by atoms with Crippen molar-refractivity contribution in [3.63, 3.8) is 0 Å². The Hall–Kier alpha value is -1.20. The normalized spacial score (nSPS) is 15.8. The molecule has 0 atom stereocenters. The molecule has 0 aliphatic heterocycles. The molecule has 2 nitrogen and oxygen atoms in total. The van der Waals surface area contributed by atoms with Gasteiger partial charge in [0.05, 0.1) is 15.7 Å². The number of nitrogens with zero attached hydrogens (tertiary/aromatic N) is 1. The standard InChI is InChI=1S/C16H15BrFNOS/c1-19(10-13-6-7-14(17)21-13)15(20)16(8-9-16)11-2-4-12(18)5-3-11/h2-7H,8-10H2,1H3. The highest BCUT2D eigenvalue weighted by Crippen LogP contribution is 2.49. The zero-order valence-corrected chi connectivity index (χ0v) is 14.0. The lowest BCUT2D eigenvalue weighted by Gasteiger charge is -2.23. The molecular weight excluding hydrogens is 353 g/mol. The number of carbonyl (C=O) groups excluding carboxylic acids is 1. The summed E-state index contributed by atoms with van der Waals surface area (Å²) < 4.78 is 14.1. The van der Waals surface area contributed by atoms with E-state index in [9.17, 15) is 9.18 Å². The van der Waals surface area contributed by atoms with Crippen molar-refractivity contribution in [1.82, 2.24) is 4.90 Å². The molecule has 1 aliphatic rings. The summed E-state index contributed by atoms with van der Waals surface area (Å²) in [4.78, 5) is 15.7. The summed E-state index contributed by atoms with van der Waals surface area (Å²) in [5, 5.41) is 0. The molecule has 0 spiro atoms. The number of amides is 1. The molecule has 0 saturated heterocycles. The largest absolute Gasteiger partial charge is 0.340 e. The van der Waals surface area contributed by atoms with Gasteiger partial charge < -0.3 is 4.90 Å². The molecular formula is C16H15BrFNOS. The molecule has 1 aliphatic carbocycles. The maximum Gasteiger partial charge on any atom is 0.233 e. The first kappa shape index (κ1) is 14.7. The first-order chi connectivity index (χ1) is 10.0. The topological polar surface area (TPSA) is 20.3 Å². The van der Waals surface area contributed by atoms with Crippen molar-refractivity contribution in [2.75, 3.05) is 7.05 Å². The monoisotopic (exact) mass is 367 g/mol. The van der Waals surface area contributed by atoms with Crippen molar-refractivity contribution in [2.45, 2.75) is 24.8 Å². The van der Waals surface area contributed by atoms with Crippen LogP contribution in [0.25, 0.3) is 0 Å². The van der Waals surface area contributed by atoms with Gasteiger partial charge in [-0.1, -0.05) is 12.1 Å². The van der Waals surface area contributed by atoms with Gasteiger partial charge in [-0.05, 0) is 58.6 Å². The Labute approximate surface area is 135 Å². The Morgan fingerprint density at radius 3 is 2.48 bits per heavy atom. The average molecular weight is 368 g/mol. The highest BCUT2D eigenvalue weighted by atomic mass is 79.9. The molecule has 110 valence electrons. The fraction of sp³-hybridized carbons (Fsp3) is 0.312. The molecule has 1 saturated carbocycles. The fourth-order valence-corrected chi connectivity index (χ4v) is 4.16. The van der Waals surface area contributed by atoms with Crippen LogP contribution in [0.4, 0.5) is 4.39 Å². The van der Waals surface area contributed by atoms with Crippen LogP contribution >= 0.6 is 27.3 Å². The molecule has 0 N–H and O–H groups in total. The lowest BCUT2D eigenvalue weighted by atomic mass is 9.94. The van der Waals surface area contributed by atoms with Gasteiger partial charge in [0.1, 0.15) is 5.82 Å². The number of carbonyl (C=O) groups is 1. The molecule has 0 bridgehead atoms. The second kappa shape index (κ2) is 5.54. The van der Waals surface area contributed by atoms with E-state index in [1.807, 2.05) is 19.2 Å². The predicted octanol–water partition coefficient (Wildman–Crippen LogP) is 4.34. The number of likely N-dealkylation sites (N-methyl/N-ethyl adjacent to an activating group) is 1. The molecule has 0 unspecified atom stereocenters. The average Bonchev–Trinajstić information content (AvgIpc) is 3.17. The highest BCUT2D eigenvalue weighted by molar-refractivity contribution is 9.11. The summed E-state index contributed by atoms with van der Waals surface area (Å²) in [5.74, 6) is -0.141. The number of thiophene rings is 1. The van der Waals surface area contributed by atoms with Gasteiger partial charge in [0.25, 0.3) is 0 Å². The summed E-state index contributed by atoms with van der Waals surface area (Å²) in [5.41, 5.74) is 0.491. The molecule has 1 heterocycles. The zero-order valence-electron chi connectivity index (χ0n) is 11.6. The Morgan fingerprint density at radius 1 is 1.29 bits per heavy atom. The number of hydrogen-bond acceptors (Lipinski definition) is 2. The van der Waals surface area contributed by atoms with E-state index in [4.69, 9.17) is 0 Å². The van der Waals surface area contributed by atoms with Gasteiger partial charge in [0.2, 0.25) is 5.91 Å². The summed E-state index contributed by atoms with van der Waals surface area (Å²) in [6, 6.07) is 10.3. The first-order valence-electron chi connectivity index (χ1n) is 6.77. The molecule has 1 aromatic carbocycles. The predicted molar refractivity (Wildman–Crippen MR) is 85.8 cm³/mol. The highest BCUT2D eigenvalue weighted by Gasteiger charge is 2.52. The van der Waals surface area contributed by atoms with Crippen LogP contribution in [-0.4, -0.2) is 17.9 Å². The van der Waals surface area contributed by atoms with E-state index in [-0.39, 0.29) is 11.7 Å². The Morgan fingerprint density at radius 2 is 1.95 bits per heavy atom. The first-order valence-corrected chi connectivity index (χ1v) is 8.38. The summed E-state index contributed by atoms with van der Waals surface area (Å²) in [6.45, 7) is 0.609. The van der Waals surface area contributed by atoms with Crippen LogP contribution in [0.1, 0.15) is 23.3 Å². The van der Waals surface area contributed by atoms with Crippen LogP contribution in [0.15, 0.2) is 40.2 Å². The van der Waals surface area contributed by atoms with E-state index in [0.717, 1.165) is 27.1 Å². The van der Waals surface area contributed by atoms with Crippen LogP contribution in [0.5, 0.6) is 0 Å². The van der Waals surface area contributed by atoms with Crippen molar-refractivity contribution < 1.29 is 9.18 Å². The molecule has 0 radical (unpaired) electrons. The minimum absolute atomic E-state index is 0.124. The molecule has 1 amide bonds. The molecule has 3 rings (SSSR count). The van der Waals surface area contributed by atoms with Gasteiger partial charge in [-0.2, -0.15) is 0 Å². The van der Waals surface area contributed by atoms with E-state index < -0.39 is 5.41 Å². The second-order valence-electron chi connectivity index (χ2n) is 5.46. The van der Waals surface area contributed by atoms with Gasteiger partial charge in [-0.15, -0.1) is 11.3 Å². The van der Waals surface area contributed by atoms with Gasteiger partial charge in [0.15, 0.2) is 0 Å². The Kier molecular flexibility index (Phi) is 3.88. The minimum Gasteiger partial charge on any atom is -0.340 e. The van der Waals surface area contributed by atoms with Crippen molar-refractivity contribution in [3.05, 3.63) is 56.4 Å². The van der Waals surface area contributed by atoms with Crippen LogP contribution < -0.4 is 0 Å². The molecule has 2 aromatic rings. The van der Waals surface area contributed by atoms with Gasteiger partial charge in [0, 0.05) is 11.9 Å². The van der Waals surface area contributed by atoms with Crippen LogP contribution in [-0.2, 0) is 16.8 Å². The van der Waals surface area contributed by atoms with E-state index in [1.165, 1.54) is 12.1 Å². The third-order valence-corrected chi connectivity index (χ3v) is 5.53. The number of rotatable bonds is 4. The van der Waals surface area contributed by atoms with Gasteiger partial charge in [-0.25, -0.2) is 4.39 Å². The lowest BCUT2D eigenvalue weighted by molar-refractivity contribution is -0.133. The van der Waals surface area contributed by atoms with E-state index in [0.29, 0.717) is 6.54 Å². The molecule has 1 aromatic heterocycles. The molecule has 1 fully saturated rings. The second-order valence-corrected chi connectivity index (χ2v) is 8.00. The zero-order chi connectivity index (χ0) is 15.0. The maximum atomic E-state index is 13.0. The van der Waals surface area contributed by atoms with Gasteiger partial charge in [-0.3, -0.25) is 4.79 Å². The van der Waals surface area contributed by atoms with Crippen LogP contribution in [0.2, 0.25) is 0 Å². The van der Waals surface area contributed by atoms with E-state index in [1.54, 1.807) is 28.4 Å². The Balaban J connectivity index is 1.76. The Bertz CT molecular complexity index is 663. The van der Waals surface area contributed by atoms with Crippen molar-refractivity contribution in [1.29, 1.82) is 0 Å². The van der Waals surface area contributed by atoms with Crippen LogP contribution in [0, 0.1) is 5.82 Å². The number of halogens is 2. The number of hydrogen-bond donors (Lipinski definition) is 0. The van der Waals surface area contributed by atoms with E-state index >= 15 is 0 Å². The van der Waals surface area contributed by atoms with Crippen LogP contribution in [0.3, 0.4) is 0 Å². The molecule has 21 heavy (non-hydrogen) atoms. The van der Waals surface area contributed by atoms with Crippen molar-refractivity contribution >= 4 is 33.2 Å². The van der Waals surface area contributed by atoms with Gasteiger partial charge >= 0.3 is 0 Å². The smallest absolute Gasteiger partial charge is 0.233 e. The van der Waals surface area contributed by atoms with E-state index in [2.05, 4.69) is 15.9 Å². The summed E-state index contributed by atoms with van der Waals surface area (Å²) >= 11 is 5.07. The number of benzene rings is 1. The maximum absolute atomic E-state index is 13.0.